The topological polar surface area (TPSA) is 89.6 Å². The van der Waals surface area contributed by atoms with Crippen LogP contribution < -0.4 is 5.73 Å². The van der Waals surface area contributed by atoms with Crippen LogP contribution in [0.25, 0.3) is 0 Å². The van der Waals surface area contributed by atoms with Gasteiger partial charge in [-0.3, -0.25) is 0 Å². The van der Waals surface area contributed by atoms with Crippen LogP contribution in [0.1, 0.15) is 33.6 Å². The second-order valence-corrected chi connectivity index (χ2v) is 3.82. The first-order valence-corrected chi connectivity index (χ1v) is 5.06. The number of aliphatic carboxylic acids is 1. The normalized spacial score (nSPS) is 14.7. The zero-order chi connectivity index (χ0) is 12.1. The molecule has 0 aromatic heterocycles. The van der Waals surface area contributed by atoms with Gasteiger partial charge < -0.3 is 15.6 Å². The number of carbonyl (C=O) groups is 2. The summed E-state index contributed by atoms with van der Waals surface area (Å²) in [7, 11) is 0. The first-order valence-electron chi connectivity index (χ1n) is 5.06. The number of carbonyl (C=O) groups excluding carboxylic acids is 1. The van der Waals surface area contributed by atoms with Crippen molar-refractivity contribution >= 4 is 11.9 Å². The molecule has 0 aromatic rings. The van der Waals surface area contributed by atoms with Gasteiger partial charge >= 0.3 is 11.9 Å². The molecule has 0 bridgehead atoms. The lowest BCUT2D eigenvalue weighted by atomic mass is 9.88. The van der Waals surface area contributed by atoms with Crippen molar-refractivity contribution in [2.24, 2.45) is 11.7 Å². The van der Waals surface area contributed by atoms with Gasteiger partial charge in [-0.25, -0.2) is 9.59 Å². The van der Waals surface area contributed by atoms with E-state index in [-0.39, 0.29) is 6.61 Å². The van der Waals surface area contributed by atoms with E-state index in [9.17, 15) is 9.59 Å². The van der Waals surface area contributed by atoms with Crippen molar-refractivity contribution in [1.29, 1.82) is 0 Å². The van der Waals surface area contributed by atoms with E-state index in [0.29, 0.717) is 6.42 Å². The first kappa shape index (κ1) is 13.9. The fourth-order valence-electron chi connectivity index (χ4n) is 0.999. The first-order chi connectivity index (χ1) is 6.87. The monoisotopic (exact) mass is 217 g/mol. The fraction of sp³-hybridized carbons (Fsp3) is 0.800. The van der Waals surface area contributed by atoms with Gasteiger partial charge in [0.1, 0.15) is 0 Å². The van der Waals surface area contributed by atoms with E-state index in [1.807, 2.05) is 6.92 Å². The Labute approximate surface area is 89.6 Å². The molecule has 0 fully saturated rings. The molecule has 3 N–H and O–H groups in total. The number of hydrogen-bond acceptors (Lipinski definition) is 4. The summed E-state index contributed by atoms with van der Waals surface area (Å²) in [5.74, 6) is -2.72. The number of hydrogen-bond donors (Lipinski definition) is 2. The summed E-state index contributed by atoms with van der Waals surface area (Å²) in [4.78, 5) is 22.4. The van der Waals surface area contributed by atoms with Crippen molar-refractivity contribution in [1.82, 2.24) is 0 Å². The minimum atomic E-state index is -1.94. The van der Waals surface area contributed by atoms with E-state index in [1.54, 1.807) is 13.8 Å². The van der Waals surface area contributed by atoms with Crippen molar-refractivity contribution < 1.29 is 19.4 Å². The zero-order valence-corrected chi connectivity index (χ0v) is 9.45. The van der Waals surface area contributed by atoms with Crippen LogP contribution in [0, 0.1) is 5.92 Å². The third kappa shape index (κ3) is 3.20. The second-order valence-electron chi connectivity index (χ2n) is 3.82. The molecule has 0 aliphatic heterocycles. The Kier molecular flexibility index (Phi) is 5.28. The van der Waals surface area contributed by atoms with Gasteiger partial charge in [-0.15, -0.1) is 0 Å². The molecular weight excluding hydrogens is 198 g/mol. The highest BCUT2D eigenvalue weighted by atomic mass is 16.5. The Hall–Kier alpha value is -1.10. The molecule has 0 saturated carbocycles. The quantitative estimate of drug-likeness (QED) is 0.389. The minimum absolute atomic E-state index is 0.217. The Morgan fingerprint density at radius 1 is 1.47 bits per heavy atom. The molecule has 0 rings (SSSR count). The van der Waals surface area contributed by atoms with Crippen LogP contribution in [0.3, 0.4) is 0 Å². The van der Waals surface area contributed by atoms with Crippen molar-refractivity contribution in [3.8, 4) is 0 Å². The van der Waals surface area contributed by atoms with Crippen LogP contribution in [0.2, 0.25) is 0 Å². The Balaban J connectivity index is 4.51. The van der Waals surface area contributed by atoms with Gasteiger partial charge in [0.2, 0.25) is 5.54 Å². The molecule has 15 heavy (non-hydrogen) atoms. The van der Waals surface area contributed by atoms with Gasteiger partial charge in [0, 0.05) is 0 Å². The summed E-state index contributed by atoms with van der Waals surface area (Å²) in [6, 6.07) is 0. The number of esters is 1. The smallest absolute Gasteiger partial charge is 0.338 e. The molecule has 0 aromatic carbocycles. The number of ether oxygens (including phenoxy) is 1. The highest BCUT2D eigenvalue weighted by molar-refractivity contribution is 6.04. The second kappa shape index (κ2) is 5.70. The molecule has 0 spiro atoms. The molecule has 1 atom stereocenters. The van der Waals surface area contributed by atoms with E-state index in [0.717, 1.165) is 6.42 Å². The van der Waals surface area contributed by atoms with E-state index >= 15 is 0 Å². The number of carboxylic acid groups (broad SMARTS) is 1. The van der Waals surface area contributed by atoms with Crippen molar-refractivity contribution in [3.05, 3.63) is 0 Å². The summed E-state index contributed by atoms with van der Waals surface area (Å²) < 4.78 is 4.83. The number of rotatable bonds is 6. The van der Waals surface area contributed by atoms with Crippen molar-refractivity contribution in [2.45, 2.75) is 39.2 Å². The molecule has 0 aliphatic carbocycles. The average Bonchev–Trinajstić information content (AvgIpc) is 2.15. The Morgan fingerprint density at radius 2 is 2.00 bits per heavy atom. The molecule has 0 amide bonds. The van der Waals surface area contributed by atoms with Gasteiger partial charge in [0.15, 0.2) is 0 Å². The zero-order valence-electron chi connectivity index (χ0n) is 9.45. The molecule has 0 aliphatic rings. The fourth-order valence-corrected chi connectivity index (χ4v) is 0.999. The summed E-state index contributed by atoms with van der Waals surface area (Å²) >= 11 is 0. The molecule has 88 valence electrons. The predicted molar refractivity (Wildman–Crippen MR) is 55.3 cm³/mol. The lowest BCUT2D eigenvalue weighted by molar-refractivity contribution is -0.163. The van der Waals surface area contributed by atoms with Gasteiger partial charge in [0.25, 0.3) is 0 Å². The lowest BCUT2D eigenvalue weighted by Crippen LogP contribution is -2.59. The molecule has 0 radical (unpaired) electrons. The Bertz CT molecular complexity index is 240. The summed E-state index contributed by atoms with van der Waals surface area (Å²) in [5, 5.41) is 8.90. The van der Waals surface area contributed by atoms with Crippen molar-refractivity contribution in [2.75, 3.05) is 6.61 Å². The van der Waals surface area contributed by atoms with Crippen LogP contribution in [-0.4, -0.2) is 29.2 Å². The molecule has 5 heteroatoms. The molecule has 1 unspecified atom stereocenters. The number of carboxylic acids is 1. The average molecular weight is 217 g/mol. The summed E-state index contributed by atoms with van der Waals surface area (Å²) in [5.41, 5.74) is 3.60. The van der Waals surface area contributed by atoms with Crippen LogP contribution in [-0.2, 0) is 14.3 Å². The highest BCUT2D eigenvalue weighted by Gasteiger charge is 2.46. The predicted octanol–water partition coefficient (Wildman–Crippen LogP) is 0.768. The third-order valence-corrected chi connectivity index (χ3v) is 2.33. The van der Waals surface area contributed by atoms with E-state index in [4.69, 9.17) is 15.6 Å². The minimum Gasteiger partial charge on any atom is -0.479 e. The van der Waals surface area contributed by atoms with Crippen LogP contribution in [0.5, 0.6) is 0 Å². The van der Waals surface area contributed by atoms with E-state index < -0.39 is 23.4 Å². The van der Waals surface area contributed by atoms with Crippen LogP contribution in [0.4, 0.5) is 0 Å². The number of nitrogens with two attached hydrogens (primary N) is 1. The maximum Gasteiger partial charge on any atom is 0.338 e. The maximum atomic E-state index is 11.5. The van der Waals surface area contributed by atoms with Gasteiger partial charge in [-0.2, -0.15) is 0 Å². The largest absolute Gasteiger partial charge is 0.479 e. The third-order valence-electron chi connectivity index (χ3n) is 2.33. The van der Waals surface area contributed by atoms with Crippen molar-refractivity contribution in [3.63, 3.8) is 0 Å². The molecule has 0 heterocycles. The summed E-state index contributed by atoms with van der Waals surface area (Å²) in [6.45, 7) is 5.32. The van der Waals surface area contributed by atoms with E-state index in [1.165, 1.54) is 0 Å². The van der Waals surface area contributed by atoms with Gasteiger partial charge in [-0.05, 0) is 12.3 Å². The number of unbranched alkanes of at least 4 members (excludes halogenated alkanes) is 1. The molecule has 5 nitrogen and oxygen atoms in total. The lowest BCUT2D eigenvalue weighted by Gasteiger charge is -2.26. The van der Waals surface area contributed by atoms with E-state index in [2.05, 4.69) is 0 Å². The van der Waals surface area contributed by atoms with Crippen LogP contribution in [0.15, 0.2) is 0 Å². The maximum absolute atomic E-state index is 11.5. The van der Waals surface area contributed by atoms with Gasteiger partial charge in [0.05, 0.1) is 6.61 Å². The standard InChI is InChI=1S/C10H19NO4/c1-4-5-6-15-9(14)10(11,7(2)3)8(12)13/h7H,4-6,11H2,1-3H3,(H,12,13). The molecular formula is C10H19NO4. The highest BCUT2D eigenvalue weighted by Crippen LogP contribution is 2.16. The van der Waals surface area contributed by atoms with Crippen LogP contribution >= 0.6 is 0 Å². The summed E-state index contributed by atoms with van der Waals surface area (Å²) in [6.07, 6.45) is 1.58. The molecule has 0 saturated heterocycles. The Morgan fingerprint density at radius 3 is 2.33 bits per heavy atom. The SMILES string of the molecule is CCCCOC(=O)C(N)(C(=O)O)C(C)C. The van der Waals surface area contributed by atoms with Gasteiger partial charge in [-0.1, -0.05) is 27.2 Å².